The van der Waals surface area contributed by atoms with Crippen LogP contribution in [0.5, 0.6) is 17.2 Å². The van der Waals surface area contributed by atoms with Crippen LogP contribution >= 0.6 is 0 Å². The van der Waals surface area contributed by atoms with Crippen molar-refractivity contribution in [3.05, 3.63) is 53.6 Å². The average molecular weight is 426 g/mol. The summed E-state index contributed by atoms with van der Waals surface area (Å²) >= 11 is 0. The van der Waals surface area contributed by atoms with Gasteiger partial charge in [0, 0.05) is 6.42 Å². The molecule has 5 nitrogen and oxygen atoms in total. The van der Waals surface area contributed by atoms with E-state index in [-0.39, 0.29) is 6.61 Å². The molecule has 0 amide bonds. The summed E-state index contributed by atoms with van der Waals surface area (Å²) < 4.78 is 59.7. The Morgan fingerprint density at radius 2 is 1.57 bits per heavy atom. The Kier molecular flexibility index (Phi) is 8.83. The van der Waals surface area contributed by atoms with Crippen molar-refractivity contribution in [1.29, 1.82) is 0 Å². The molecule has 0 bridgehead atoms. The van der Waals surface area contributed by atoms with E-state index in [4.69, 9.17) is 14.2 Å². The van der Waals surface area contributed by atoms with Crippen molar-refractivity contribution in [2.24, 2.45) is 0 Å². The molecule has 0 fully saturated rings. The molecule has 2 aromatic rings. The minimum Gasteiger partial charge on any atom is -0.493 e. The summed E-state index contributed by atoms with van der Waals surface area (Å²) in [4.78, 5) is 11.0. The number of carbonyl (C=O) groups excluding carboxylic acids is 1. The predicted octanol–water partition coefficient (Wildman–Crippen LogP) is 5.06. The molecule has 0 unspecified atom stereocenters. The smallest absolute Gasteiger partial charge is 0.416 e. The third-order valence-corrected chi connectivity index (χ3v) is 4.13. The fourth-order valence-corrected chi connectivity index (χ4v) is 2.63. The normalized spacial score (nSPS) is 11.1. The van der Waals surface area contributed by atoms with Crippen molar-refractivity contribution in [2.45, 2.75) is 32.4 Å². The van der Waals surface area contributed by atoms with Gasteiger partial charge in [-0.1, -0.05) is 13.3 Å². The van der Waals surface area contributed by atoms with Gasteiger partial charge in [-0.25, -0.2) is 4.79 Å². The van der Waals surface area contributed by atoms with Crippen LogP contribution in [0.25, 0.3) is 0 Å². The second-order valence-corrected chi connectivity index (χ2v) is 6.46. The number of esters is 1. The summed E-state index contributed by atoms with van der Waals surface area (Å²) in [7, 11) is 1.29. The summed E-state index contributed by atoms with van der Waals surface area (Å²) in [6.07, 6.45) is -2.57. The highest BCUT2D eigenvalue weighted by atomic mass is 19.4. The zero-order chi connectivity index (χ0) is 22.0. The van der Waals surface area contributed by atoms with Crippen molar-refractivity contribution in [3.8, 4) is 17.2 Å². The van der Waals surface area contributed by atoms with E-state index in [1.54, 1.807) is 24.3 Å². The number of halogens is 3. The predicted molar refractivity (Wildman–Crippen MR) is 105 cm³/mol. The van der Waals surface area contributed by atoms with Gasteiger partial charge in [-0.2, -0.15) is 13.2 Å². The topological polar surface area (TPSA) is 54.0 Å². The van der Waals surface area contributed by atoms with E-state index < -0.39 is 17.7 Å². The lowest BCUT2D eigenvalue weighted by atomic mass is 10.1. The average Bonchev–Trinajstić information content (AvgIpc) is 2.73. The molecule has 30 heavy (non-hydrogen) atoms. The van der Waals surface area contributed by atoms with Crippen molar-refractivity contribution < 1.29 is 36.9 Å². The van der Waals surface area contributed by atoms with Crippen LogP contribution in [0.4, 0.5) is 13.2 Å². The van der Waals surface area contributed by atoms with E-state index in [2.05, 4.69) is 4.74 Å². The van der Waals surface area contributed by atoms with Crippen LogP contribution in [0.2, 0.25) is 0 Å². The van der Waals surface area contributed by atoms with Crippen LogP contribution in [0.3, 0.4) is 0 Å². The van der Waals surface area contributed by atoms with Gasteiger partial charge >= 0.3 is 12.1 Å². The molecule has 2 aromatic carbocycles. The number of alkyl halides is 3. The summed E-state index contributed by atoms with van der Waals surface area (Å²) in [5, 5.41) is 0. The maximum atomic E-state index is 12.9. The fourth-order valence-electron chi connectivity index (χ4n) is 2.63. The van der Waals surface area contributed by atoms with Crippen molar-refractivity contribution in [1.82, 2.24) is 0 Å². The molecule has 0 aromatic heterocycles. The molecule has 0 heterocycles. The second kappa shape index (κ2) is 11.3. The van der Waals surface area contributed by atoms with Gasteiger partial charge in [-0.15, -0.1) is 0 Å². The van der Waals surface area contributed by atoms with Crippen molar-refractivity contribution in [2.75, 3.05) is 26.9 Å². The summed E-state index contributed by atoms with van der Waals surface area (Å²) in [6.45, 7) is 2.44. The van der Waals surface area contributed by atoms with Crippen molar-refractivity contribution in [3.63, 3.8) is 0 Å². The molecule has 0 N–H and O–H groups in total. The SMILES string of the molecule is CCCc1cc(C(F)(F)F)ccc1OCCCOc1ccc(OCC(=O)OC)cc1. The zero-order valence-electron chi connectivity index (χ0n) is 17.0. The molecule has 8 heteroatoms. The molecule has 164 valence electrons. The lowest BCUT2D eigenvalue weighted by Gasteiger charge is -2.14. The zero-order valence-corrected chi connectivity index (χ0v) is 17.0. The first-order chi connectivity index (χ1) is 14.3. The Balaban J connectivity index is 1.78. The molecule has 0 saturated carbocycles. The molecule has 0 atom stereocenters. The van der Waals surface area contributed by atoms with Gasteiger partial charge in [0.25, 0.3) is 0 Å². The molecule has 0 saturated heterocycles. The number of ether oxygens (including phenoxy) is 4. The Morgan fingerprint density at radius 1 is 0.933 bits per heavy atom. The molecule has 0 aliphatic carbocycles. The maximum Gasteiger partial charge on any atom is 0.416 e. The standard InChI is InChI=1S/C22H25F3O5/c1-3-5-16-14-17(22(23,24)25)6-11-20(16)29-13-4-12-28-18-7-9-19(10-8-18)30-15-21(26)27-2/h6-11,14H,3-5,12-13,15H2,1-2H3. The lowest BCUT2D eigenvalue weighted by molar-refractivity contribution is -0.143. The van der Waals surface area contributed by atoms with Crippen LogP contribution in [0.1, 0.15) is 30.9 Å². The first-order valence-electron chi connectivity index (χ1n) is 9.59. The Hall–Kier alpha value is -2.90. The van der Waals surface area contributed by atoms with Crippen LogP contribution in [0.15, 0.2) is 42.5 Å². The number of aryl methyl sites for hydroxylation is 1. The molecule has 0 spiro atoms. The molecular weight excluding hydrogens is 401 g/mol. The third-order valence-electron chi connectivity index (χ3n) is 4.13. The number of hydrogen-bond donors (Lipinski definition) is 0. The summed E-state index contributed by atoms with van der Waals surface area (Å²) in [5.41, 5.74) is -0.114. The number of benzene rings is 2. The first-order valence-corrected chi connectivity index (χ1v) is 9.59. The van der Waals surface area contributed by atoms with Gasteiger partial charge in [0.15, 0.2) is 6.61 Å². The number of rotatable bonds is 11. The summed E-state index contributed by atoms with van der Waals surface area (Å²) in [5.74, 6) is 1.14. The van der Waals surface area contributed by atoms with Crippen LogP contribution in [-0.4, -0.2) is 32.9 Å². The number of methoxy groups -OCH3 is 1. The van der Waals surface area contributed by atoms with Gasteiger partial charge in [-0.05, 0) is 54.4 Å². The van der Waals surface area contributed by atoms with E-state index >= 15 is 0 Å². The minimum atomic E-state index is -4.37. The molecule has 0 aliphatic heterocycles. The highest BCUT2D eigenvalue weighted by molar-refractivity contribution is 5.70. The minimum absolute atomic E-state index is 0.169. The lowest BCUT2D eigenvalue weighted by Crippen LogP contribution is -2.12. The van der Waals surface area contributed by atoms with Gasteiger partial charge in [-0.3, -0.25) is 0 Å². The summed E-state index contributed by atoms with van der Waals surface area (Å²) in [6, 6.07) is 10.3. The van der Waals surface area contributed by atoms with E-state index in [1.807, 2.05) is 6.92 Å². The number of carbonyl (C=O) groups is 1. The van der Waals surface area contributed by atoms with Crippen LogP contribution in [-0.2, 0) is 22.1 Å². The van der Waals surface area contributed by atoms with E-state index in [9.17, 15) is 18.0 Å². The monoisotopic (exact) mass is 426 g/mol. The van der Waals surface area contributed by atoms with E-state index in [1.165, 1.54) is 13.2 Å². The van der Waals surface area contributed by atoms with Gasteiger partial charge < -0.3 is 18.9 Å². The van der Waals surface area contributed by atoms with E-state index in [0.29, 0.717) is 48.9 Å². The van der Waals surface area contributed by atoms with E-state index in [0.717, 1.165) is 18.6 Å². The Bertz CT molecular complexity index is 803. The maximum absolute atomic E-state index is 12.9. The Morgan fingerprint density at radius 3 is 2.17 bits per heavy atom. The number of hydrogen-bond acceptors (Lipinski definition) is 5. The van der Waals surface area contributed by atoms with Crippen LogP contribution in [0, 0.1) is 0 Å². The largest absolute Gasteiger partial charge is 0.493 e. The first kappa shape index (κ1) is 23.4. The van der Waals surface area contributed by atoms with Gasteiger partial charge in [0.2, 0.25) is 0 Å². The fraction of sp³-hybridized carbons (Fsp3) is 0.409. The van der Waals surface area contributed by atoms with Crippen molar-refractivity contribution >= 4 is 5.97 Å². The highest BCUT2D eigenvalue weighted by Gasteiger charge is 2.31. The van der Waals surface area contributed by atoms with Gasteiger partial charge in [0.05, 0.1) is 25.9 Å². The molecule has 0 aliphatic rings. The molecule has 2 rings (SSSR count). The molecule has 0 radical (unpaired) electrons. The molecular formula is C22H25F3O5. The highest BCUT2D eigenvalue weighted by Crippen LogP contribution is 2.33. The quantitative estimate of drug-likeness (QED) is 0.372. The van der Waals surface area contributed by atoms with Crippen LogP contribution < -0.4 is 14.2 Å². The third kappa shape index (κ3) is 7.50. The van der Waals surface area contributed by atoms with Gasteiger partial charge in [0.1, 0.15) is 17.2 Å². The second-order valence-electron chi connectivity index (χ2n) is 6.46. The Labute approximate surface area is 173 Å².